The summed E-state index contributed by atoms with van der Waals surface area (Å²) in [5, 5.41) is 15.5. The summed E-state index contributed by atoms with van der Waals surface area (Å²) in [7, 11) is 1.91. The van der Waals surface area contributed by atoms with Crippen LogP contribution in [0.5, 0.6) is 0 Å². The van der Waals surface area contributed by atoms with Crippen LogP contribution in [0, 0.1) is 5.41 Å². The fourth-order valence-corrected chi connectivity index (χ4v) is 3.29. The van der Waals surface area contributed by atoms with Crippen molar-refractivity contribution in [2.24, 2.45) is 18.2 Å². The first-order valence-corrected chi connectivity index (χ1v) is 7.22. The van der Waals surface area contributed by atoms with E-state index in [1.54, 1.807) is 4.68 Å². The Morgan fingerprint density at radius 2 is 2.00 bits per heavy atom. The van der Waals surface area contributed by atoms with Gasteiger partial charge in [0.15, 0.2) is 0 Å². The predicted molar refractivity (Wildman–Crippen MR) is 76.8 cm³/mol. The van der Waals surface area contributed by atoms with Crippen molar-refractivity contribution in [3.05, 3.63) is 17.5 Å². The normalized spacial score (nSPS) is 20.7. The van der Waals surface area contributed by atoms with Gasteiger partial charge in [-0.15, -0.1) is 0 Å². The molecule has 108 valence electrons. The second-order valence-corrected chi connectivity index (χ2v) is 7.03. The molecule has 1 aliphatic rings. The molecule has 0 spiro atoms. The van der Waals surface area contributed by atoms with Crippen LogP contribution in [-0.2, 0) is 12.5 Å². The second kappa shape index (κ2) is 4.91. The number of rotatable bonds is 3. The molecule has 19 heavy (non-hydrogen) atoms. The summed E-state index contributed by atoms with van der Waals surface area (Å²) >= 11 is 0. The summed E-state index contributed by atoms with van der Waals surface area (Å²) in [6.45, 7) is 6.95. The molecule has 4 heteroatoms. The maximum atomic E-state index is 10.9. The molecule has 2 rings (SSSR count). The predicted octanol–water partition coefficient (Wildman–Crippen LogP) is 2.27. The van der Waals surface area contributed by atoms with Crippen molar-refractivity contribution in [3.63, 3.8) is 0 Å². The number of aliphatic hydroxyl groups excluding tert-OH is 1. The Labute approximate surface area is 116 Å². The van der Waals surface area contributed by atoms with Crippen molar-refractivity contribution < 1.29 is 5.11 Å². The van der Waals surface area contributed by atoms with Crippen LogP contribution in [0.1, 0.15) is 63.8 Å². The number of aryl methyl sites for hydroxylation is 1. The Morgan fingerprint density at radius 3 is 2.47 bits per heavy atom. The molecule has 1 atom stereocenters. The van der Waals surface area contributed by atoms with E-state index in [0.29, 0.717) is 6.54 Å². The highest BCUT2D eigenvalue weighted by Crippen LogP contribution is 2.48. The molecule has 0 aliphatic heterocycles. The number of aliphatic hydroxyl groups is 1. The molecular weight excluding hydrogens is 238 g/mol. The standard InChI is InChI=1S/C15H27N3O/c1-14(2,3)12-11(9-18(4)17-12)13(19)15(10-16)7-5-6-8-15/h9,13,19H,5-8,10,16H2,1-4H3. The van der Waals surface area contributed by atoms with Gasteiger partial charge in [-0.1, -0.05) is 33.6 Å². The molecule has 4 nitrogen and oxygen atoms in total. The minimum Gasteiger partial charge on any atom is -0.388 e. The van der Waals surface area contributed by atoms with Crippen LogP contribution in [0.3, 0.4) is 0 Å². The van der Waals surface area contributed by atoms with E-state index in [9.17, 15) is 5.11 Å². The molecule has 0 aromatic carbocycles. The van der Waals surface area contributed by atoms with E-state index in [2.05, 4.69) is 25.9 Å². The maximum absolute atomic E-state index is 10.9. The van der Waals surface area contributed by atoms with E-state index < -0.39 is 6.10 Å². The van der Waals surface area contributed by atoms with E-state index in [1.807, 2.05) is 13.2 Å². The summed E-state index contributed by atoms with van der Waals surface area (Å²) in [5.41, 5.74) is 7.72. The molecule has 1 aromatic rings. The van der Waals surface area contributed by atoms with Crippen molar-refractivity contribution >= 4 is 0 Å². The van der Waals surface area contributed by atoms with Crippen LogP contribution >= 0.6 is 0 Å². The molecule has 1 unspecified atom stereocenters. The highest BCUT2D eigenvalue weighted by atomic mass is 16.3. The first-order valence-electron chi connectivity index (χ1n) is 7.22. The van der Waals surface area contributed by atoms with Gasteiger partial charge in [-0.05, 0) is 12.8 Å². The van der Waals surface area contributed by atoms with Crippen LogP contribution in [-0.4, -0.2) is 21.4 Å². The van der Waals surface area contributed by atoms with Crippen LogP contribution in [0.2, 0.25) is 0 Å². The van der Waals surface area contributed by atoms with Crippen LogP contribution < -0.4 is 5.73 Å². The average Bonchev–Trinajstić information content (AvgIpc) is 2.94. The molecule has 1 aromatic heterocycles. The maximum Gasteiger partial charge on any atom is 0.0891 e. The van der Waals surface area contributed by atoms with Crippen LogP contribution in [0.25, 0.3) is 0 Å². The molecule has 0 saturated heterocycles. The molecule has 3 N–H and O–H groups in total. The molecule has 1 aliphatic carbocycles. The van der Waals surface area contributed by atoms with Crippen LogP contribution in [0.4, 0.5) is 0 Å². The van der Waals surface area contributed by atoms with Gasteiger partial charge in [0.25, 0.3) is 0 Å². The van der Waals surface area contributed by atoms with E-state index in [4.69, 9.17) is 5.73 Å². The molecule has 0 bridgehead atoms. The minimum atomic E-state index is -0.497. The van der Waals surface area contributed by atoms with Gasteiger partial charge in [0, 0.05) is 36.2 Å². The zero-order valence-corrected chi connectivity index (χ0v) is 12.6. The highest BCUT2D eigenvalue weighted by molar-refractivity contribution is 5.28. The van der Waals surface area contributed by atoms with Gasteiger partial charge in [-0.3, -0.25) is 4.68 Å². The minimum absolute atomic E-state index is 0.0635. The third-order valence-electron chi connectivity index (χ3n) is 4.45. The van der Waals surface area contributed by atoms with E-state index in [1.165, 1.54) is 12.8 Å². The van der Waals surface area contributed by atoms with Gasteiger partial charge in [0.1, 0.15) is 0 Å². The zero-order chi connectivity index (χ0) is 14.3. The molecule has 1 saturated carbocycles. The van der Waals surface area contributed by atoms with E-state index in [0.717, 1.165) is 24.1 Å². The Bertz CT molecular complexity index is 439. The smallest absolute Gasteiger partial charge is 0.0891 e. The van der Waals surface area contributed by atoms with Crippen molar-refractivity contribution in [2.75, 3.05) is 6.54 Å². The van der Waals surface area contributed by atoms with Gasteiger partial charge in [-0.25, -0.2) is 0 Å². The zero-order valence-electron chi connectivity index (χ0n) is 12.6. The number of hydrogen-bond donors (Lipinski definition) is 2. The summed E-state index contributed by atoms with van der Waals surface area (Å²) < 4.78 is 1.80. The summed E-state index contributed by atoms with van der Waals surface area (Å²) in [5.74, 6) is 0. The number of nitrogens with zero attached hydrogens (tertiary/aromatic N) is 2. The van der Waals surface area contributed by atoms with Gasteiger partial charge in [0.05, 0.1) is 11.8 Å². The Hall–Kier alpha value is -0.870. The average molecular weight is 265 g/mol. The lowest BCUT2D eigenvalue weighted by Crippen LogP contribution is -2.35. The Kier molecular flexibility index (Phi) is 3.76. The van der Waals surface area contributed by atoms with E-state index in [-0.39, 0.29) is 10.8 Å². The number of nitrogens with two attached hydrogens (primary N) is 1. The third-order valence-corrected chi connectivity index (χ3v) is 4.45. The second-order valence-electron chi connectivity index (χ2n) is 7.03. The summed E-state index contributed by atoms with van der Waals surface area (Å²) in [6, 6.07) is 0. The van der Waals surface area contributed by atoms with Crippen molar-refractivity contribution in [3.8, 4) is 0 Å². The highest BCUT2D eigenvalue weighted by Gasteiger charge is 2.42. The summed E-state index contributed by atoms with van der Waals surface area (Å²) in [4.78, 5) is 0. The van der Waals surface area contributed by atoms with Crippen LogP contribution in [0.15, 0.2) is 6.20 Å². The lowest BCUT2D eigenvalue weighted by atomic mass is 9.75. The number of aromatic nitrogens is 2. The monoisotopic (exact) mass is 265 g/mol. The largest absolute Gasteiger partial charge is 0.388 e. The fourth-order valence-electron chi connectivity index (χ4n) is 3.29. The third kappa shape index (κ3) is 2.56. The fraction of sp³-hybridized carbons (Fsp3) is 0.800. The van der Waals surface area contributed by atoms with Gasteiger partial charge >= 0.3 is 0 Å². The number of hydrogen-bond acceptors (Lipinski definition) is 3. The summed E-state index contributed by atoms with van der Waals surface area (Å²) in [6.07, 6.45) is 5.83. The first-order chi connectivity index (χ1) is 8.80. The molecule has 1 fully saturated rings. The molecular formula is C15H27N3O. The molecule has 0 radical (unpaired) electrons. The van der Waals surface area contributed by atoms with Gasteiger partial charge in [0.2, 0.25) is 0 Å². The quantitative estimate of drug-likeness (QED) is 0.881. The van der Waals surface area contributed by atoms with E-state index >= 15 is 0 Å². The van der Waals surface area contributed by atoms with Crippen molar-refractivity contribution in [2.45, 2.75) is 58.0 Å². The SMILES string of the molecule is Cn1cc(C(O)C2(CN)CCCC2)c(C(C)(C)C)n1. The lowest BCUT2D eigenvalue weighted by Gasteiger charge is -2.34. The first kappa shape index (κ1) is 14.5. The van der Waals surface area contributed by atoms with Gasteiger partial charge in [-0.2, -0.15) is 5.10 Å². The topological polar surface area (TPSA) is 64.1 Å². The Morgan fingerprint density at radius 1 is 1.42 bits per heavy atom. The van der Waals surface area contributed by atoms with Crippen molar-refractivity contribution in [1.29, 1.82) is 0 Å². The lowest BCUT2D eigenvalue weighted by molar-refractivity contribution is 0.0320. The molecule has 0 amide bonds. The van der Waals surface area contributed by atoms with Gasteiger partial charge < -0.3 is 10.8 Å². The van der Waals surface area contributed by atoms with Crippen molar-refractivity contribution in [1.82, 2.24) is 9.78 Å². The Balaban J connectivity index is 2.41. The molecule has 1 heterocycles.